The summed E-state index contributed by atoms with van der Waals surface area (Å²) in [6.07, 6.45) is 0. The quantitative estimate of drug-likeness (QED) is 0.915. The van der Waals surface area contributed by atoms with Gasteiger partial charge in [0.15, 0.2) is 5.13 Å². The van der Waals surface area contributed by atoms with Crippen molar-refractivity contribution in [3.05, 3.63) is 44.6 Å². The largest absolute Gasteiger partial charge is 0.357 e. The maximum atomic E-state index is 13.4. The van der Waals surface area contributed by atoms with Crippen LogP contribution in [0.25, 0.3) is 0 Å². The van der Waals surface area contributed by atoms with Gasteiger partial charge in [0, 0.05) is 11.9 Å². The number of thiazole rings is 1. The molecule has 0 saturated carbocycles. The summed E-state index contributed by atoms with van der Waals surface area (Å²) in [7, 11) is 0. The van der Waals surface area contributed by atoms with Crippen molar-refractivity contribution in [2.24, 2.45) is 0 Å². The van der Waals surface area contributed by atoms with Gasteiger partial charge in [0.2, 0.25) is 0 Å². The van der Waals surface area contributed by atoms with Gasteiger partial charge in [-0.3, -0.25) is 0 Å². The van der Waals surface area contributed by atoms with Crippen molar-refractivity contribution >= 4 is 32.4 Å². The Morgan fingerprint density at radius 2 is 2.00 bits per heavy atom. The highest BCUT2D eigenvalue weighted by Gasteiger charge is 2.05. The van der Waals surface area contributed by atoms with Gasteiger partial charge in [-0.15, -0.1) is 11.3 Å². The highest BCUT2D eigenvalue weighted by molar-refractivity contribution is 9.10. The predicted octanol–water partition coefficient (Wildman–Crippen LogP) is 4.27. The zero-order chi connectivity index (χ0) is 12.4. The number of anilines is 1. The molecule has 0 aliphatic rings. The van der Waals surface area contributed by atoms with Crippen molar-refractivity contribution in [1.82, 2.24) is 4.98 Å². The molecule has 90 valence electrons. The van der Waals surface area contributed by atoms with E-state index in [0.29, 0.717) is 17.7 Å². The Morgan fingerprint density at radius 3 is 2.53 bits per heavy atom. The Balaban J connectivity index is 2.09. The van der Waals surface area contributed by atoms with Gasteiger partial charge >= 0.3 is 0 Å². The molecule has 0 aliphatic heterocycles. The molecule has 5 heteroatoms. The number of nitrogens with zero attached hydrogens (tertiary/aromatic N) is 1. The minimum atomic E-state index is -0.120. The van der Waals surface area contributed by atoms with E-state index in [9.17, 15) is 4.39 Å². The Hall–Kier alpha value is -0.940. The molecule has 0 atom stereocenters. The number of benzene rings is 1. The van der Waals surface area contributed by atoms with Crippen molar-refractivity contribution in [3.8, 4) is 0 Å². The highest BCUT2D eigenvalue weighted by atomic mass is 79.9. The summed E-state index contributed by atoms with van der Waals surface area (Å²) in [5.41, 5.74) is 2.43. The lowest BCUT2D eigenvalue weighted by Crippen LogP contribution is -2.01. The summed E-state index contributed by atoms with van der Waals surface area (Å²) in [6.45, 7) is 4.22. The molecule has 0 fully saturated rings. The molecule has 2 nitrogen and oxygen atoms in total. The smallest absolute Gasteiger partial charge is 0.184 e. The zero-order valence-electron chi connectivity index (χ0n) is 9.55. The number of hydrogen-bond acceptors (Lipinski definition) is 3. The molecule has 0 unspecified atom stereocenters. The molecule has 0 aliphatic carbocycles. The molecule has 1 aromatic heterocycles. The monoisotopic (exact) mass is 314 g/mol. The lowest BCUT2D eigenvalue weighted by molar-refractivity contribution is 0.608. The number of nitrogens with one attached hydrogen (secondary N) is 1. The third kappa shape index (κ3) is 3.04. The van der Waals surface area contributed by atoms with E-state index in [2.05, 4.69) is 26.2 Å². The van der Waals surface area contributed by atoms with E-state index in [0.717, 1.165) is 15.3 Å². The van der Waals surface area contributed by atoms with Crippen molar-refractivity contribution < 1.29 is 4.39 Å². The minimum absolute atomic E-state index is 0.120. The summed E-state index contributed by atoms with van der Waals surface area (Å²) in [6, 6.07) is 3.72. The lowest BCUT2D eigenvalue weighted by Gasteiger charge is -2.07. The maximum Gasteiger partial charge on any atom is 0.184 e. The van der Waals surface area contributed by atoms with E-state index in [1.807, 2.05) is 17.5 Å². The van der Waals surface area contributed by atoms with Crippen LogP contribution in [0.5, 0.6) is 0 Å². The first-order valence-electron chi connectivity index (χ1n) is 5.17. The van der Waals surface area contributed by atoms with Gasteiger partial charge in [-0.05, 0) is 46.5 Å². The van der Waals surface area contributed by atoms with Crippen LogP contribution in [0.3, 0.4) is 0 Å². The summed E-state index contributed by atoms with van der Waals surface area (Å²) in [5, 5.41) is 5.99. The topological polar surface area (TPSA) is 24.9 Å². The lowest BCUT2D eigenvalue weighted by atomic mass is 10.1. The van der Waals surface area contributed by atoms with Crippen LogP contribution in [0, 0.1) is 19.7 Å². The molecular formula is C12H12BrFN2S. The highest BCUT2D eigenvalue weighted by Crippen LogP contribution is 2.21. The first-order chi connectivity index (χ1) is 8.06. The minimum Gasteiger partial charge on any atom is -0.357 e. The van der Waals surface area contributed by atoms with Crippen LogP contribution in [-0.4, -0.2) is 4.98 Å². The van der Waals surface area contributed by atoms with Crippen molar-refractivity contribution in [2.45, 2.75) is 20.4 Å². The Labute approximate surface area is 112 Å². The average Bonchev–Trinajstić information content (AvgIpc) is 2.69. The molecule has 2 aromatic rings. The van der Waals surface area contributed by atoms with E-state index >= 15 is 0 Å². The number of aromatic nitrogens is 1. The molecule has 1 N–H and O–H groups in total. The summed E-state index contributed by atoms with van der Waals surface area (Å²) in [5.74, 6) is -0.120. The molecule has 17 heavy (non-hydrogen) atoms. The summed E-state index contributed by atoms with van der Waals surface area (Å²) < 4.78 is 14.3. The molecule has 2 rings (SSSR count). The van der Waals surface area contributed by atoms with Crippen molar-refractivity contribution in [1.29, 1.82) is 0 Å². The van der Waals surface area contributed by atoms with Crippen LogP contribution in [-0.2, 0) is 6.54 Å². The van der Waals surface area contributed by atoms with E-state index in [1.165, 1.54) is 11.3 Å². The van der Waals surface area contributed by atoms with Gasteiger partial charge in [-0.25, -0.2) is 9.37 Å². The Morgan fingerprint density at radius 1 is 1.35 bits per heavy atom. The fraction of sp³-hybridized carbons (Fsp3) is 0.250. The molecule has 0 spiro atoms. The summed E-state index contributed by atoms with van der Waals surface area (Å²) >= 11 is 4.84. The van der Waals surface area contributed by atoms with Crippen LogP contribution >= 0.6 is 27.3 Å². The van der Waals surface area contributed by atoms with Crippen molar-refractivity contribution in [2.75, 3.05) is 5.32 Å². The fourth-order valence-corrected chi connectivity index (χ4v) is 2.79. The molecular weight excluding hydrogens is 303 g/mol. The van der Waals surface area contributed by atoms with E-state index in [1.54, 1.807) is 13.8 Å². The third-order valence-electron chi connectivity index (χ3n) is 2.42. The fourth-order valence-electron chi connectivity index (χ4n) is 1.65. The second-order valence-corrected chi connectivity index (χ2v) is 5.54. The van der Waals surface area contributed by atoms with Gasteiger partial charge in [0.25, 0.3) is 0 Å². The van der Waals surface area contributed by atoms with E-state index < -0.39 is 0 Å². The van der Waals surface area contributed by atoms with E-state index in [4.69, 9.17) is 0 Å². The maximum absolute atomic E-state index is 13.4. The Kier molecular flexibility index (Phi) is 3.79. The second kappa shape index (κ2) is 5.14. The van der Waals surface area contributed by atoms with Crippen LogP contribution < -0.4 is 5.32 Å². The third-order valence-corrected chi connectivity index (χ3v) is 3.93. The van der Waals surface area contributed by atoms with Gasteiger partial charge in [0.05, 0.1) is 0 Å². The second-order valence-electron chi connectivity index (χ2n) is 3.87. The van der Waals surface area contributed by atoms with Gasteiger partial charge in [-0.2, -0.15) is 0 Å². The van der Waals surface area contributed by atoms with E-state index in [-0.39, 0.29) is 5.82 Å². The average molecular weight is 315 g/mol. The standard InChI is InChI=1S/C12H12BrFN2S/c1-7-3-9(4-8(2)11(7)14)5-15-12-16-10(13)6-17-12/h3-4,6H,5H2,1-2H3,(H,15,16). The van der Waals surface area contributed by atoms with Crippen LogP contribution in [0.2, 0.25) is 0 Å². The predicted molar refractivity (Wildman–Crippen MR) is 73.0 cm³/mol. The van der Waals surface area contributed by atoms with Gasteiger partial charge in [-0.1, -0.05) is 12.1 Å². The molecule has 0 radical (unpaired) electrons. The molecule has 0 bridgehead atoms. The number of rotatable bonds is 3. The number of aryl methyl sites for hydroxylation is 2. The molecule has 0 saturated heterocycles. The molecule has 1 aromatic carbocycles. The summed E-state index contributed by atoms with van der Waals surface area (Å²) in [4.78, 5) is 4.24. The van der Waals surface area contributed by atoms with Crippen LogP contribution in [0.1, 0.15) is 16.7 Å². The SMILES string of the molecule is Cc1cc(CNc2nc(Br)cs2)cc(C)c1F. The van der Waals surface area contributed by atoms with Crippen LogP contribution in [0.15, 0.2) is 22.1 Å². The van der Waals surface area contributed by atoms with Gasteiger partial charge in [0.1, 0.15) is 10.4 Å². The first-order valence-corrected chi connectivity index (χ1v) is 6.84. The molecule has 1 heterocycles. The Bertz CT molecular complexity index is 516. The van der Waals surface area contributed by atoms with Crippen LogP contribution in [0.4, 0.5) is 9.52 Å². The molecule has 0 amide bonds. The normalized spacial score (nSPS) is 10.6. The van der Waals surface area contributed by atoms with Crippen molar-refractivity contribution in [3.63, 3.8) is 0 Å². The zero-order valence-corrected chi connectivity index (χ0v) is 12.0. The van der Waals surface area contributed by atoms with Gasteiger partial charge < -0.3 is 5.32 Å². The number of halogens is 2. The first kappa shape index (κ1) is 12.5. The number of hydrogen-bond donors (Lipinski definition) is 1.